The predicted octanol–water partition coefficient (Wildman–Crippen LogP) is 4.69. The van der Waals surface area contributed by atoms with E-state index in [0.717, 1.165) is 44.2 Å². The molecular weight excluding hydrogens is 353 g/mol. The maximum Gasteiger partial charge on any atom is 0.162 e. The van der Waals surface area contributed by atoms with Gasteiger partial charge in [-0.3, -0.25) is 9.69 Å². The van der Waals surface area contributed by atoms with Crippen molar-refractivity contribution in [2.24, 2.45) is 0 Å². The number of hydrogen-bond donors (Lipinski definition) is 1. The molecule has 2 saturated heterocycles. The number of nitrogens with zero attached hydrogens (tertiary/aromatic N) is 1. The van der Waals surface area contributed by atoms with E-state index in [4.69, 9.17) is 0 Å². The van der Waals surface area contributed by atoms with Crippen LogP contribution in [0.3, 0.4) is 0 Å². The second-order valence-corrected chi connectivity index (χ2v) is 8.32. The van der Waals surface area contributed by atoms with Gasteiger partial charge in [0, 0.05) is 24.1 Å². The molecule has 2 heterocycles. The third-order valence-corrected chi connectivity index (χ3v) is 6.46. The van der Waals surface area contributed by atoms with Crippen molar-refractivity contribution in [2.45, 2.75) is 62.6 Å². The molecule has 0 spiro atoms. The highest BCUT2D eigenvalue weighted by Gasteiger charge is 2.45. The second kappa shape index (κ2) is 8.14. The Labute approximate surface area is 166 Å². The number of fused-ring (bicyclic) bond motifs is 2. The number of carbonyl (C=O) groups excluding carboxylic acids is 1. The first-order chi connectivity index (χ1) is 13.5. The van der Waals surface area contributed by atoms with E-state index in [2.05, 4.69) is 4.90 Å². The molecule has 2 aromatic rings. The molecule has 2 atom stereocenters. The van der Waals surface area contributed by atoms with Crippen molar-refractivity contribution >= 4 is 5.78 Å². The summed E-state index contributed by atoms with van der Waals surface area (Å²) in [6.45, 7) is 0.882. The average Bonchev–Trinajstić information content (AvgIpc) is 2.69. The van der Waals surface area contributed by atoms with E-state index in [1.54, 1.807) is 12.1 Å². The third kappa shape index (κ3) is 4.03. The molecule has 4 heteroatoms. The van der Waals surface area contributed by atoms with Crippen LogP contribution >= 0.6 is 0 Å². The first kappa shape index (κ1) is 19.3. The summed E-state index contributed by atoms with van der Waals surface area (Å²) in [6, 6.07) is 16.6. The van der Waals surface area contributed by atoms with Gasteiger partial charge < -0.3 is 5.11 Å². The van der Waals surface area contributed by atoms with E-state index >= 15 is 0 Å². The van der Waals surface area contributed by atoms with E-state index in [-0.39, 0.29) is 11.6 Å². The molecule has 2 unspecified atom stereocenters. The Balaban J connectivity index is 1.37. The Morgan fingerprint density at radius 1 is 1.04 bits per heavy atom. The van der Waals surface area contributed by atoms with Gasteiger partial charge in [-0.2, -0.15) is 0 Å². The van der Waals surface area contributed by atoms with Crippen LogP contribution in [-0.2, 0) is 5.60 Å². The summed E-state index contributed by atoms with van der Waals surface area (Å²) in [5, 5.41) is 11.3. The van der Waals surface area contributed by atoms with Gasteiger partial charge in [0.25, 0.3) is 0 Å². The lowest BCUT2D eigenvalue weighted by Gasteiger charge is -2.52. The van der Waals surface area contributed by atoms with E-state index in [9.17, 15) is 14.3 Å². The lowest BCUT2D eigenvalue weighted by molar-refractivity contribution is -0.0967. The summed E-state index contributed by atoms with van der Waals surface area (Å²) in [5.41, 5.74) is 0.869. The highest BCUT2D eigenvalue weighted by Crippen LogP contribution is 2.44. The molecule has 0 aliphatic carbocycles. The maximum absolute atomic E-state index is 13.0. The molecule has 148 valence electrons. The predicted molar refractivity (Wildman–Crippen MR) is 108 cm³/mol. The van der Waals surface area contributed by atoms with Gasteiger partial charge >= 0.3 is 0 Å². The van der Waals surface area contributed by atoms with Crippen LogP contribution in [0.4, 0.5) is 4.39 Å². The third-order valence-electron chi connectivity index (χ3n) is 6.46. The van der Waals surface area contributed by atoms with Crippen LogP contribution in [0.1, 0.15) is 60.9 Å². The molecule has 2 aromatic carbocycles. The van der Waals surface area contributed by atoms with Crippen LogP contribution in [0, 0.1) is 5.82 Å². The molecule has 4 rings (SSSR count). The first-order valence-corrected chi connectivity index (χ1v) is 10.4. The number of ketones is 1. The van der Waals surface area contributed by atoms with E-state index < -0.39 is 5.60 Å². The normalized spacial score (nSPS) is 27.5. The molecule has 0 amide bonds. The second-order valence-electron chi connectivity index (χ2n) is 8.32. The average molecular weight is 381 g/mol. The van der Waals surface area contributed by atoms with Crippen LogP contribution in [0.15, 0.2) is 54.6 Å². The first-order valence-electron chi connectivity index (χ1n) is 10.4. The van der Waals surface area contributed by atoms with Crippen molar-refractivity contribution < 1.29 is 14.3 Å². The van der Waals surface area contributed by atoms with Gasteiger partial charge in [-0.05, 0) is 68.5 Å². The standard InChI is InChI=1S/C24H28FNO2/c25-20-13-11-18(12-14-20)23(27)10-5-15-26-21-8-4-9-22(26)17-24(28,16-21)19-6-2-1-3-7-19/h1-3,6-7,11-14,21-22,28H,4-5,8-10,15-17H2. The van der Waals surface area contributed by atoms with Crippen molar-refractivity contribution in [2.75, 3.05) is 6.54 Å². The minimum atomic E-state index is -0.739. The summed E-state index contributed by atoms with van der Waals surface area (Å²) in [5.74, 6) is -0.244. The zero-order valence-corrected chi connectivity index (χ0v) is 16.2. The van der Waals surface area contributed by atoms with Crippen LogP contribution in [0.2, 0.25) is 0 Å². The number of benzene rings is 2. The zero-order chi connectivity index (χ0) is 19.6. The zero-order valence-electron chi connectivity index (χ0n) is 16.2. The molecule has 0 saturated carbocycles. The molecule has 28 heavy (non-hydrogen) atoms. The summed E-state index contributed by atoms with van der Waals surface area (Å²) in [4.78, 5) is 14.9. The summed E-state index contributed by atoms with van der Waals surface area (Å²) in [6.07, 6.45) is 6.23. The Hall–Kier alpha value is -2.04. The van der Waals surface area contributed by atoms with E-state index in [0.29, 0.717) is 24.1 Å². The van der Waals surface area contributed by atoms with Gasteiger partial charge in [-0.1, -0.05) is 36.8 Å². The number of aliphatic hydroxyl groups is 1. The van der Waals surface area contributed by atoms with Gasteiger partial charge in [0.15, 0.2) is 5.78 Å². The summed E-state index contributed by atoms with van der Waals surface area (Å²) >= 11 is 0. The van der Waals surface area contributed by atoms with Crippen molar-refractivity contribution in [1.29, 1.82) is 0 Å². The SMILES string of the molecule is O=C(CCCN1C2CCCC1CC(O)(c1ccccc1)C2)c1ccc(F)cc1. The molecule has 0 aromatic heterocycles. The highest BCUT2D eigenvalue weighted by molar-refractivity contribution is 5.95. The van der Waals surface area contributed by atoms with Gasteiger partial charge in [0.1, 0.15) is 5.82 Å². The number of hydrogen-bond acceptors (Lipinski definition) is 3. The van der Waals surface area contributed by atoms with Crippen LogP contribution < -0.4 is 0 Å². The van der Waals surface area contributed by atoms with E-state index in [1.807, 2.05) is 30.3 Å². The molecule has 2 fully saturated rings. The van der Waals surface area contributed by atoms with E-state index in [1.165, 1.54) is 18.6 Å². The minimum Gasteiger partial charge on any atom is -0.385 e. The molecule has 3 nitrogen and oxygen atoms in total. The number of halogens is 1. The highest BCUT2D eigenvalue weighted by atomic mass is 19.1. The topological polar surface area (TPSA) is 40.5 Å². The van der Waals surface area contributed by atoms with Crippen LogP contribution in [-0.4, -0.2) is 34.4 Å². The number of piperidine rings is 2. The van der Waals surface area contributed by atoms with Crippen LogP contribution in [0.5, 0.6) is 0 Å². The fourth-order valence-corrected chi connectivity index (χ4v) is 5.07. The lowest BCUT2D eigenvalue weighted by Crippen LogP contribution is -2.57. The Morgan fingerprint density at radius 2 is 1.68 bits per heavy atom. The Morgan fingerprint density at radius 3 is 2.32 bits per heavy atom. The number of carbonyl (C=O) groups is 1. The van der Waals surface area contributed by atoms with Crippen molar-refractivity contribution in [3.05, 3.63) is 71.5 Å². The van der Waals surface area contributed by atoms with Crippen molar-refractivity contribution in [1.82, 2.24) is 4.90 Å². The van der Waals surface area contributed by atoms with Gasteiger partial charge in [-0.25, -0.2) is 4.39 Å². The quantitative estimate of drug-likeness (QED) is 0.738. The fourth-order valence-electron chi connectivity index (χ4n) is 5.07. The largest absolute Gasteiger partial charge is 0.385 e. The van der Waals surface area contributed by atoms with Crippen molar-refractivity contribution in [3.63, 3.8) is 0 Å². The summed E-state index contributed by atoms with van der Waals surface area (Å²) in [7, 11) is 0. The number of Topliss-reactive ketones (excluding diaryl/α,β-unsaturated/α-hetero) is 1. The minimum absolute atomic E-state index is 0.0722. The molecule has 2 bridgehead atoms. The van der Waals surface area contributed by atoms with Gasteiger partial charge in [0.05, 0.1) is 5.60 Å². The number of rotatable bonds is 6. The molecule has 2 aliphatic rings. The van der Waals surface area contributed by atoms with Crippen molar-refractivity contribution in [3.8, 4) is 0 Å². The van der Waals surface area contributed by atoms with Crippen LogP contribution in [0.25, 0.3) is 0 Å². The van der Waals surface area contributed by atoms with Gasteiger partial charge in [-0.15, -0.1) is 0 Å². The summed E-state index contributed by atoms with van der Waals surface area (Å²) < 4.78 is 13.0. The monoisotopic (exact) mass is 381 g/mol. The Kier molecular flexibility index (Phi) is 5.61. The lowest BCUT2D eigenvalue weighted by atomic mass is 9.72. The van der Waals surface area contributed by atoms with Gasteiger partial charge in [0.2, 0.25) is 0 Å². The molecule has 0 radical (unpaired) electrons. The smallest absolute Gasteiger partial charge is 0.162 e. The fraction of sp³-hybridized carbons (Fsp3) is 0.458. The molecule has 1 N–H and O–H groups in total. The molecule has 2 aliphatic heterocycles. The molecular formula is C24H28FNO2. The Bertz CT molecular complexity index is 791. The maximum atomic E-state index is 13.0.